The lowest BCUT2D eigenvalue weighted by Crippen LogP contribution is -2.34. The van der Waals surface area contributed by atoms with Gasteiger partial charge < -0.3 is 4.90 Å². The van der Waals surface area contributed by atoms with E-state index in [9.17, 15) is 0 Å². The van der Waals surface area contributed by atoms with Crippen LogP contribution in [0.15, 0.2) is 31.4 Å². The smallest absolute Gasteiger partial charge is 0.0607 e. The second-order valence-electron chi connectivity index (χ2n) is 5.34. The molecule has 0 N–H and O–H groups in total. The molecule has 0 unspecified atom stereocenters. The van der Waals surface area contributed by atoms with Crippen molar-refractivity contribution in [2.24, 2.45) is 0 Å². The summed E-state index contributed by atoms with van der Waals surface area (Å²) in [6.45, 7) is 17.8. The number of rotatable bonds is 2. The molecule has 2 rings (SSSR count). The summed E-state index contributed by atoms with van der Waals surface area (Å²) in [6, 6.07) is 4.45. The topological polar surface area (TPSA) is 3.24 Å². The lowest BCUT2D eigenvalue weighted by atomic mass is 9.90. The van der Waals surface area contributed by atoms with Crippen LogP contribution in [0.1, 0.15) is 36.1 Å². The van der Waals surface area contributed by atoms with Gasteiger partial charge in [-0.1, -0.05) is 24.8 Å². The minimum absolute atomic E-state index is 0.0130. The lowest BCUT2D eigenvalue weighted by molar-refractivity contribution is 0.240. The van der Waals surface area contributed by atoms with Gasteiger partial charge in [-0.3, -0.25) is 0 Å². The first kappa shape index (κ1) is 12.0. The third kappa shape index (κ3) is 1.53. The fourth-order valence-electron chi connectivity index (χ4n) is 2.78. The number of hydrogen-bond donors (Lipinski definition) is 0. The Morgan fingerprint density at radius 1 is 1.29 bits per heavy atom. The highest BCUT2D eigenvalue weighted by Crippen LogP contribution is 2.46. The van der Waals surface area contributed by atoms with Crippen molar-refractivity contribution < 1.29 is 0 Å². The number of hydrogen-bond acceptors (Lipinski definition) is 1. The van der Waals surface area contributed by atoms with Crippen molar-refractivity contribution in [1.29, 1.82) is 0 Å². The Morgan fingerprint density at radius 2 is 1.94 bits per heavy atom. The van der Waals surface area contributed by atoms with Crippen molar-refractivity contribution in [3.8, 4) is 0 Å². The second-order valence-corrected chi connectivity index (χ2v) is 5.34. The molecular weight excluding hydrogens is 206 g/mol. The van der Waals surface area contributed by atoms with Crippen LogP contribution in [0.5, 0.6) is 0 Å². The van der Waals surface area contributed by atoms with Crippen LogP contribution in [0.25, 0.3) is 5.70 Å². The summed E-state index contributed by atoms with van der Waals surface area (Å²) >= 11 is 0. The van der Waals surface area contributed by atoms with Gasteiger partial charge in [0.05, 0.1) is 5.54 Å². The van der Waals surface area contributed by atoms with Crippen molar-refractivity contribution in [1.82, 2.24) is 4.90 Å². The molecule has 1 aliphatic heterocycles. The summed E-state index contributed by atoms with van der Waals surface area (Å²) < 4.78 is 0. The second kappa shape index (κ2) is 3.76. The molecule has 0 aromatic heterocycles. The van der Waals surface area contributed by atoms with E-state index in [4.69, 9.17) is 0 Å². The molecule has 0 saturated heterocycles. The highest BCUT2D eigenvalue weighted by molar-refractivity contribution is 5.75. The summed E-state index contributed by atoms with van der Waals surface area (Å²) in [7, 11) is 0. The third-order valence-corrected chi connectivity index (χ3v) is 4.00. The number of aryl methyl sites for hydroxylation is 1. The number of fused-ring (bicyclic) bond motifs is 1. The maximum atomic E-state index is 4.27. The monoisotopic (exact) mass is 227 g/mol. The van der Waals surface area contributed by atoms with E-state index < -0.39 is 0 Å². The van der Waals surface area contributed by atoms with Gasteiger partial charge in [-0.2, -0.15) is 0 Å². The maximum Gasteiger partial charge on any atom is 0.0607 e. The zero-order valence-corrected chi connectivity index (χ0v) is 11.3. The fraction of sp³-hybridized carbons (Fsp3) is 0.375. The predicted octanol–water partition coefficient (Wildman–Crippen LogP) is 4.01. The van der Waals surface area contributed by atoms with Crippen LogP contribution in [0.4, 0.5) is 0 Å². The standard InChI is InChI=1S/C16H21N/c1-7-10-17-13(4)15-12(3)11(2)8-9-14(15)16(17,5)6/h7-9H,1,4,10H2,2-3,5-6H3. The van der Waals surface area contributed by atoms with Crippen LogP contribution in [0, 0.1) is 13.8 Å². The molecule has 1 aromatic rings. The van der Waals surface area contributed by atoms with E-state index in [1.807, 2.05) is 6.08 Å². The quantitative estimate of drug-likeness (QED) is 0.690. The van der Waals surface area contributed by atoms with E-state index in [1.54, 1.807) is 0 Å². The molecule has 0 atom stereocenters. The van der Waals surface area contributed by atoms with E-state index in [1.165, 1.54) is 22.3 Å². The van der Waals surface area contributed by atoms with Gasteiger partial charge in [0.25, 0.3) is 0 Å². The first-order valence-corrected chi connectivity index (χ1v) is 6.09. The third-order valence-electron chi connectivity index (χ3n) is 4.00. The van der Waals surface area contributed by atoms with Gasteiger partial charge in [0, 0.05) is 17.8 Å². The summed E-state index contributed by atoms with van der Waals surface area (Å²) in [6.07, 6.45) is 1.95. The van der Waals surface area contributed by atoms with Gasteiger partial charge in [0.2, 0.25) is 0 Å². The average molecular weight is 227 g/mol. The molecule has 0 fully saturated rings. The van der Waals surface area contributed by atoms with Crippen molar-refractivity contribution in [2.75, 3.05) is 6.54 Å². The van der Waals surface area contributed by atoms with Gasteiger partial charge in [-0.05, 0) is 44.4 Å². The van der Waals surface area contributed by atoms with Crippen LogP contribution in [-0.4, -0.2) is 11.4 Å². The zero-order chi connectivity index (χ0) is 12.8. The lowest BCUT2D eigenvalue weighted by Gasteiger charge is -2.33. The van der Waals surface area contributed by atoms with Crippen molar-refractivity contribution >= 4 is 5.70 Å². The van der Waals surface area contributed by atoms with Crippen LogP contribution in [0.3, 0.4) is 0 Å². The van der Waals surface area contributed by atoms with Crippen molar-refractivity contribution in [3.63, 3.8) is 0 Å². The fourth-order valence-corrected chi connectivity index (χ4v) is 2.78. The largest absolute Gasteiger partial charge is 0.359 e. The summed E-state index contributed by atoms with van der Waals surface area (Å²) in [4.78, 5) is 2.33. The Labute approximate surface area is 104 Å². The van der Waals surface area contributed by atoms with E-state index in [2.05, 4.69) is 57.9 Å². The summed E-state index contributed by atoms with van der Waals surface area (Å²) in [5, 5.41) is 0. The molecular formula is C16H21N. The summed E-state index contributed by atoms with van der Waals surface area (Å²) in [5.74, 6) is 0. The van der Waals surface area contributed by atoms with Crippen LogP contribution in [0.2, 0.25) is 0 Å². The van der Waals surface area contributed by atoms with Crippen LogP contribution in [-0.2, 0) is 5.54 Å². The Balaban J connectivity index is 2.66. The van der Waals surface area contributed by atoms with Gasteiger partial charge in [-0.25, -0.2) is 0 Å². The predicted molar refractivity (Wildman–Crippen MR) is 74.9 cm³/mol. The molecule has 0 spiro atoms. The van der Waals surface area contributed by atoms with E-state index >= 15 is 0 Å². The highest BCUT2D eigenvalue weighted by atomic mass is 15.2. The van der Waals surface area contributed by atoms with E-state index in [0.29, 0.717) is 0 Å². The first-order valence-electron chi connectivity index (χ1n) is 6.09. The van der Waals surface area contributed by atoms with Crippen molar-refractivity contribution in [3.05, 3.63) is 53.6 Å². The van der Waals surface area contributed by atoms with Gasteiger partial charge in [-0.15, -0.1) is 6.58 Å². The highest BCUT2D eigenvalue weighted by Gasteiger charge is 2.39. The Bertz CT molecular complexity index is 494. The first-order chi connectivity index (χ1) is 7.91. The maximum absolute atomic E-state index is 4.27. The molecule has 90 valence electrons. The van der Waals surface area contributed by atoms with E-state index in [-0.39, 0.29) is 5.54 Å². The minimum atomic E-state index is 0.0130. The molecule has 0 aliphatic carbocycles. The molecule has 0 bridgehead atoms. The Morgan fingerprint density at radius 3 is 2.53 bits per heavy atom. The Kier molecular flexibility index (Phi) is 2.65. The van der Waals surface area contributed by atoms with Crippen LogP contribution < -0.4 is 0 Å². The van der Waals surface area contributed by atoms with Gasteiger partial charge in [0.1, 0.15) is 0 Å². The number of nitrogens with zero attached hydrogens (tertiary/aromatic N) is 1. The number of benzene rings is 1. The van der Waals surface area contributed by atoms with E-state index in [0.717, 1.165) is 12.2 Å². The molecule has 1 heterocycles. The van der Waals surface area contributed by atoms with Crippen molar-refractivity contribution in [2.45, 2.75) is 33.2 Å². The average Bonchev–Trinajstić information content (AvgIpc) is 2.45. The Hall–Kier alpha value is -1.50. The van der Waals surface area contributed by atoms with Gasteiger partial charge in [0.15, 0.2) is 0 Å². The molecule has 17 heavy (non-hydrogen) atoms. The minimum Gasteiger partial charge on any atom is -0.359 e. The molecule has 1 aromatic carbocycles. The molecule has 0 amide bonds. The molecule has 1 nitrogen and oxygen atoms in total. The molecule has 0 radical (unpaired) electrons. The molecule has 1 aliphatic rings. The van der Waals surface area contributed by atoms with Crippen LogP contribution >= 0.6 is 0 Å². The van der Waals surface area contributed by atoms with Gasteiger partial charge >= 0.3 is 0 Å². The normalized spacial score (nSPS) is 17.2. The summed E-state index contributed by atoms with van der Waals surface area (Å²) in [5.41, 5.74) is 6.54. The molecule has 1 heteroatoms. The SMILES string of the molecule is C=CCN1C(=C)c2c(ccc(C)c2C)C1(C)C. The molecule has 0 saturated carbocycles. The zero-order valence-electron chi connectivity index (χ0n) is 11.3.